The fraction of sp³-hybridized carbons (Fsp3) is 0.267. The van der Waals surface area contributed by atoms with Crippen LogP contribution in [0.3, 0.4) is 0 Å². The first-order chi connectivity index (χ1) is 19.0. The lowest BCUT2D eigenvalue weighted by Crippen LogP contribution is -2.54. The minimum atomic E-state index is -1.36. The summed E-state index contributed by atoms with van der Waals surface area (Å²) in [7, 11) is 5.48. The number of urea groups is 1. The van der Waals surface area contributed by atoms with Crippen LogP contribution >= 0.6 is 23.2 Å². The molecule has 4 amide bonds. The Balaban J connectivity index is 1.52. The van der Waals surface area contributed by atoms with E-state index in [2.05, 4.69) is 6.07 Å². The molecule has 0 N–H and O–H groups in total. The van der Waals surface area contributed by atoms with Gasteiger partial charge in [-0.25, -0.2) is 9.69 Å². The maximum Gasteiger partial charge on any atom is 0.332 e. The molecule has 0 radical (unpaired) electrons. The molecule has 0 aliphatic carbocycles. The van der Waals surface area contributed by atoms with Crippen LogP contribution in [0.1, 0.15) is 22.6 Å². The molecule has 2 saturated heterocycles. The summed E-state index contributed by atoms with van der Waals surface area (Å²) < 4.78 is 0. The Hall–Kier alpha value is -4.06. The number of amides is 4. The molecule has 2 aliphatic heterocycles. The number of nitrogens with zero attached hydrogens (tertiary/aromatic N) is 5. The number of anilines is 2. The molecule has 10 heteroatoms. The Kier molecular flexibility index (Phi) is 7.21. The minimum absolute atomic E-state index is 0.0259. The van der Waals surface area contributed by atoms with Crippen LogP contribution in [0.5, 0.6) is 0 Å². The van der Waals surface area contributed by atoms with Gasteiger partial charge in [-0.3, -0.25) is 9.59 Å². The standard InChI is InChI=1S/C30H27Cl2N5O3/c1-34(2)24-10-6-19(7-11-24)12-27(38)36-17-26(21-8-4-20(16-33)5-9-21)30(18-36)28(39)37(29(40)35(30)3)25-14-22(31)13-23(32)15-25/h4-11,13-15,26H,12,17-18H2,1-3H3. The average Bonchev–Trinajstić information content (AvgIpc) is 3.41. The third kappa shape index (κ3) is 4.66. The van der Waals surface area contributed by atoms with E-state index in [1.165, 1.54) is 23.1 Å². The Morgan fingerprint density at radius 2 is 1.65 bits per heavy atom. The highest BCUT2D eigenvalue weighted by atomic mass is 35.5. The molecular formula is C30H27Cl2N5O3. The van der Waals surface area contributed by atoms with Crippen LogP contribution in [0.15, 0.2) is 66.7 Å². The first kappa shape index (κ1) is 27.5. The molecule has 2 atom stereocenters. The molecule has 2 heterocycles. The average molecular weight is 576 g/mol. The van der Waals surface area contributed by atoms with E-state index in [0.29, 0.717) is 15.6 Å². The number of carbonyl (C=O) groups is 3. The Morgan fingerprint density at radius 3 is 2.23 bits per heavy atom. The summed E-state index contributed by atoms with van der Waals surface area (Å²) >= 11 is 12.4. The number of nitriles is 1. The summed E-state index contributed by atoms with van der Waals surface area (Å²) in [5.74, 6) is -1.13. The summed E-state index contributed by atoms with van der Waals surface area (Å²) in [6, 6.07) is 20.8. The van der Waals surface area contributed by atoms with Crippen LogP contribution < -0.4 is 9.80 Å². The maximum absolute atomic E-state index is 14.3. The molecule has 3 aromatic rings. The van der Waals surface area contributed by atoms with Crippen LogP contribution in [-0.4, -0.2) is 67.4 Å². The number of halogens is 2. The Bertz CT molecular complexity index is 1510. The second kappa shape index (κ2) is 10.5. The highest BCUT2D eigenvalue weighted by Crippen LogP contribution is 2.46. The lowest BCUT2D eigenvalue weighted by Gasteiger charge is -2.33. The third-order valence-electron chi connectivity index (χ3n) is 7.77. The van der Waals surface area contributed by atoms with Gasteiger partial charge < -0.3 is 14.7 Å². The van der Waals surface area contributed by atoms with Crippen LogP contribution in [-0.2, 0) is 16.0 Å². The number of imide groups is 1. The van der Waals surface area contributed by atoms with Crippen molar-refractivity contribution in [2.45, 2.75) is 17.9 Å². The second-order valence-electron chi connectivity index (χ2n) is 10.3. The van der Waals surface area contributed by atoms with E-state index in [-0.39, 0.29) is 31.1 Å². The molecule has 204 valence electrons. The zero-order valence-electron chi connectivity index (χ0n) is 22.3. The number of likely N-dealkylation sites (tertiary alicyclic amines) is 1. The van der Waals surface area contributed by atoms with Crippen molar-refractivity contribution in [2.24, 2.45) is 0 Å². The van der Waals surface area contributed by atoms with Gasteiger partial charge in [0.05, 0.1) is 30.3 Å². The number of benzene rings is 3. The number of hydrogen-bond donors (Lipinski definition) is 0. The fourth-order valence-electron chi connectivity index (χ4n) is 5.59. The van der Waals surface area contributed by atoms with E-state index >= 15 is 0 Å². The zero-order chi connectivity index (χ0) is 28.8. The number of carbonyl (C=O) groups excluding carboxylic acids is 3. The number of likely N-dealkylation sites (N-methyl/N-ethyl adjacent to an activating group) is 1. The smallest absolute Gasteiger partial charge is 0.332 e. The van der Waals surface area contributed by atoms with Gasteiger partial charge in [0.2, 0.25) is 5.91 Å². The number of rotatable bonds is 5. The van der Waals surface area contributed by atoms with Crippen LogP contribution in [0.2, 0.25) is 10.0 Å². The van der Waals surface area contributed by atoms with Crippen molar-refractivity contribution in [3.63, 3.8) is 0 Å². The predicted molar refractivity (Wildman–Crippen MR) is 155 cm³/mol. The Morgan fingerprint density at radius 1 is 1.02 bits per heavy atom. The molecule has 40 heavy (non-hydrogen) atoms. The Labute approximate surface area is 242 Å². The van der Waals surface area contributed by atoms with Crippen molar-refractivity contribution >= 4 is 52.4 Å². The van der Waals surface area contributed by atoms with Crippen molar-refractivity contribution < 1.29 is 14.4 Å². The van der Waals surface area contributed by atoms with Crippen molar-refractivity contribution in [2.75, 3.05) is 44.0 Å². The molecular weight excluding hydrogens is 549 g/mol. The number of hydrogen-bond acceptors (Lipinski definition) is 5. The normalized spacial score (nSPS) is 20.4. The van der Waals surface area contributed by atoms with Crippen LogP contribution in [0.25, 0.3) is 0 Å². The minimum Gasteiger partial charge on any atom is -0.378 e. The molecule has 3 aromatic carbocycles. The first-order valence-corrected chi connectivity index (χ1v) is 13.4. The van der Waals surface area contributed by atoms with E-state index in [0.717, 1.165) is 21.7 Å². The van der Waals surface area contributed by atoms with E-state index < -0.39 is 23.4 Å². The topological polar surface area (TPSA) is 88.0 Å². The molecule has 2 fully saturated rings. The third-order valence-corrected chi connectivity index (χ3v) is 8.21. The van der Waals surface area contributed by atoms with E-state index in [4.69, 9.17) is 23.2 Å². The maximum atomic E-state index is 14.3. The largest absolute Gasteiger partial charge is 0.378 e. The summed E-state index contributed by atoms with van der Waals surface area (Å²) in [6.07, 6.45) is 0.156. The molecule has 5 rings (SSSR count). The lowest BCUT2D eigenvalue weighted by atomic mass is 9.80. The van der Waals surface area contributed by atoms with Gasteiger partial charge in [0.25, 0.3) is 5.91 Å². The molecule has 1 spiro atoms. The van der Waals surface area contributed by atoms with Gasteiger partial charge in [-0.1, -0.05) is 47.5 Å². The zero-order valence-corrected chi connectivity index (χ0v) is 23.8. The van der Waals surface area contributed by atoms with Crippen molar-refractivity contribution in [3.8, 4) is 6.07 Å². The van der Waals surface area contributed by atoms with Gasteiger partial charge >= 0.3 is 6.03 Å². The fourth-order valence-corrected chi connectivity index (χ4v) is 6.11. The quantitative estimate of drug-likeness (QED) is 0.402. The molecule has 2 unspecified atom stereocenters. The van der Waals surface area contributed by atoms with Crippen LogP contribution in [0, 0.1) is 11.3 Å². The van der Waals surface area contributed by atoms with Gasteiger partial charge in [-0.05, 0) is 53.6 Å². The molecule has 0 aromatic heterocycles. The lowest BCUT2D eigenvalue weighted by molar-refractivity contribution is -0.130. The van der Waals surface area contributed by atoms with Crippen molar-refractivity contribution in [1.82, 2.24) is 9.80 Å². The molecule has 0 saturated carbocycles. The van der Waals surface area contributed by atoms with Crippen molar-refractivity contribution in [3.05, 3.63) is 93.5 Å². The summed E-state index contributed by atoms with van der Waals surface area (Å²) in [4.78, 5) is 47.7. The van der Waals surface area contributed by atoms with E-state index in [1.807, 2.05) is 43.3 Å². The van der Waals surface area contributed by atoms with E-state index in [1.54, 1.807) is 36.2 Å². The summed E-state index contributed by atoms with van der Waals surface area (Å²) in [5, 5.41) is 9.87. The highest BCUT2D eigenvalue weighted by molar-refractivity contribution is 6.35. The van der Waals surface area contributed by atoms with Gasteiger partial charge in [0, 0.05) is 49.3 Å². The molecule has 8 nitrogen and oxygen atoms in total. The SMILES string of the molecule is CN(C)c1ccc(CC(=O)N2CC(c3ccc(C#N)cc3)C3(C2)C(=O)N(c2cc(Cl)cc(Cl)c2)C(=O)N3C)cc1. The molecule has 2 aliphatic rings. The van der Waals surface area contributed by atoms with Gasteiger partial charge in [0.15, 0.2) is 0 Å². The molecule has 0 bridgehead atoms. The predicted octanol–water partition coefficient (Wildman–Crippen LogP) is 4.94. The van der Waals surface area contributed by atoms with Crippen molar-refractivity contribution in [1.29, 1.82) is 5.26 Å². The van der Waals surface area contributed by atoms with Gasteiger partial charge in [0.1, 0.15) is 5.54 Å². The van der Waals surface area contributed by atoms with Gasteiger partial charge in [-0.15, -0.1) is 0 Å². The van der Waals surface area contributed by atoms with Crippen LogP contribution in [0.4, 0.5) is 16.2 Å². The monoisotopic (exact) mass is 575 g/mol. The second-order valence-corrected chi connectivity index (χ2v) is 11.2. The van der Waals surface area contributed by atoms with E-state index in [9.17, 15) is 19.6 Å². The highest BCUT2D eigenvalue weighted by Gasteiger charge is 2.65. The summed E-state index contributed by atoms with van der Waals surface area (Å²) in [6.45, 7) is 0.256. The first-order valence-electron chi connectivity index (χ1n) is 12.7. The summed E-state index contributed by atoms with van der Waals surface area (Å²) in [5.41, 5.74) is 2.01. The van der Waals surface area contributed by atoms with Gasteiger partial charge in [-0.2, -0.15) is 5.26 Å².